The molecule has 0 aliphatic carbocycles. The number of carbonyl (C=O) groups excluding carboxylic acids is 3. The summed E-state index contributed by atoms with van der Waals surface area (Å²) in [5.74, 6) is -0.661. The largest absolute Gasteiger partial charge is 0.444 e. The smallest absolute Gasteiger partial charge is 0.407 e. The van der Waals surface area contributed by atoms with E-state index in [0.717, 1.165) is 4.90 Å². The molecule has 2 amide bonds. The van der Waals surface area contributed by atoms with Gasteiger partial charge in [0, 0.05) is 24.1 Å². The Balaban J connectivity index is 1.82. The maximum Gasteiger partial charge on any atom is 0.407 e. The highest BCUT2D eigenvalue weighted by Gasteiger charge is 2.39. The van der Waals surface area contributed by atoms with Gasteiger partial charge in [0.2, 0.25) is 0 Å². The number of ether oxygens (including phenoxy) is 1. The van der Waals surface area contributed by atoms with E-state index in [1.54, 1.807) is 20.8 Å². The zero-order chi connectivity index (χ0) is 25.2. The van der Waals surface area contributed by atoms with E-state index < -0.39 is 30.1 Å². The summed E-state index contributed by atoms with van der Waals surface area (Å²) in [4.78, 5) is 37.8. The van der Waals surface area contributed by atoms with Crippen LogP contribution in [0.1, 0.15) is 52.9 Å². The Morgan fingerprint density at radius 3 is 2.59 bits per heavy atom. The lowest BCUT2D eigenvalue weighted by Gasteiger charge is -2.34. The lowest BCUT2D eigenvalue weighted by atomic mass is 9.97. The molecule has 1 aromatic heterocycles. The zero-order valence-electron chi connectivity index (χ0n) is 18.8. The summed E-state index contributed by atoms with van der Waals surface area (Å²) in [5, 5.41) is 7.21. The number of halogens is 4. The van der Waals surface area contributed by atoms with Crippen LogP contribution in [-0.2, 0) is 24.2 Å². The summed E-state index contributed by atoms with van der Waals surface area (Å²) in [6.07, 6.45) is -3.14. The molecule has 0 fully saturated rings. The molecule has 1 atom stereocenters. The standard InChI is InChI=1S/C22H24Cl2F2N4O4/c1-22(2,3)34-21(33)27-6-7-30-18(11-31)13-10-29(17(19(25)26)9-16(13)28-30)20(32)12-4-5-14(23)15(24)8-12/h4-5,8,11,17,19H,6-7,9-10H2,1-3H3,(H,27,33). The monoisotopic (exact) mass is 516 g/mol. The van der Waals surface area contributed by atoms with Gasteiger partial charge in [-0.3, -0.25) is 14.3 Å². The van der Waals surface area contributed by atoms with Crippen molar-refractivity contribution in [1.82, 2.24) is 20.0 Å². The fraction of sp³-hybridized carbons (Fsp3) is 0.455. The SMILES string of the molecule is CC(C)(C)OC(=O)NCCn1nc2c(c1C=O)CN(C(=O)c1ccc(Cl)c(Cl)c1)C(C(F)F)C2. The van der Waals surface area contributed by atoms with Crippen LogP contribution in [0.15, 0.2) is 18.2 Å². The van der Waals surface area contributed by atoms with Gasteiger partial charge >= 0.3 is 6.09 Å². The highest BCUT2D eigenvalue weighted by Crippen LogP contribution is 2.31. The maximum atomic E-state index is 13.9. The number of alkyl carbamates (subject to hydrolysis) is 1. The molecule has 0 radical (unpaired) electrons. The van der Waals surface area contributed by atoms with Gasteiger partial charge in [0.1, 0.15) is 11.3 Å². The lowest BCUT2D eigenvalue weighted by Crippen LogP contribution is -2.48. The highest BCUT2D eigenvalue weighted by molar-refractivity contribution is 6.42. The van der Waals surface area contributed by atoms with Crippen LogP contribution < -0.4 is 5.32 Å². The molecule has 1 unspecified atom stereocenters. The fourth-order valence-corrected chi connectivity index (χ4v) is 3.92. The number of hydrogen-bond donors (Lipinski definition) is 1. The first-order valence-corrected chi connectivity index (χ1v) is 11.2. The number of amides is 2. The van der Waals surface area contributed by atoms with E-state index in [-0.39, 0.29) is 47.4 Å². The van der Waals surface area contributed by atoms with E-state index in [9.17, 15) is 23.2 Å². The van der Waals surface area contributed by atoms with Crippen molar-refractivity contribution < 1.29 is 27.9 Å². The molecule has 0 saturated carbocycles. The van der Waals surface area contributed by atoms with E-state index in [4.69, 9.17) is 27.9 Å². The average Bonchev–Trinajstić information content (AvgIpc) is 3.09. The fourth-order valence-electron chi connectivity index (χ4n) is 3.62. The maximum absolute atomic E-state index is 13.9. The second kappa shape index (κ2) is 10.3. The third-order valence-corrected chi connectivity index (χ3v) is 5.87. The molecule has 1 aliphatic heterocycles. The molecule has 8 nitrogen and oxygen atoms in total. The van der Waals surface area contributed by atoms with Crippen LogP contribution in [0.2, 0.25) is 10.0 Å². The van der Waals surface area contributed by atoms with Crippen LogP contribution in [0.5, 0.6) is 0 Å². The van der Waals surface area contributed by atoms with Crippen molar-refractivity contribution in [1.29, 1.82) is 0 Å². The Morgan fingerprint density at radius 2 is 2.00 bits per heavy atom. The predicted molar refractivity (Wildman–Crippen MR) is 122 cm³/mol. The second-order valence-corrected chi connectivity index (χ2v) is 9.56. The Hall–Kier alpha value is -2.72. The molecule has 34 heavy (non-hydrogen) atoms. The van der Waals surface area contributed by atoms with Crippen molar-refractivity contribution in [3.8, 4) is 0 Å². The van der Waals surface area contributed by atoms with Crippen LogP contribution in [0.4, 0.5) is 13.6 Å². The van der Waals surface area contributed by atoms with Crippen molar-refractivity contribution in [2.45, 2.75) is 58.3 Å². The summed E-state index contributed by atoms with van der Waals surface area (Å²) in [6, 6.07) is 2.70. The number of aldehydes is 1. The first-order chi connectivity index (χ1) is 15.9. The van der Waals surface area contributed by atoms with E-state index >= 15 is 0 Å². The van der Waals surface area contributed by atoms with Gasteiger partial charge in [-0.1, -0.05) is 23.2 Å². The molecule has 0 bridgehead atoms. The molecule has 3 rings (SSSR count). The van der Waals surface area contributed by atoms with Crippen molar-refractivity contribution in [2.24, 2.45) is 0 Å². The third kappa shape index (κ3) is 5.85. The topological polar surface area (TPSA) is 93.5 Å². The van der Waals surface area contributed by atoms with Gasteiger partial charge in [0.05, 0.1) is 34.9 Å². The summed E-state index contributed by atoms with van der Waals surface area (Å²) in [5.41, 5.74) is 0.281. The average molecular weight is 517 g/mol. The summed E-state index contributed by atoms with van der Waals surface area (Å²) >= 11 is 11.9. The molecule has 184 valence electrons. The molecule has 0 saturated heterocycles. The summed E-state index contributed by atoms with van der Waals surface area (Å²) in [6.45, 7) is 5.16. The number of aromatic nitrogens is 2. The number of hydrogen-bond acceptors (Lipinski definition) is 5. The second-order valence-electron chi connectivity index (χ2n) is 8.75. The lowest BCUT2D eigenvalue weighted by molar-refractivity contribution is 0.0137. The number of benzene rings is 1. The van der Waals surface area contributed by atoms with Crippen LogP contribution in [0, 0.1) is 0 Å². The van der Waals surface area contributed by atoms with Crippen molar-refractivity contribution in [3.63, 3.8) is 0 Å². The normalized spacial score (nSPS) is 15.8. The van der Waals surface area contributed by atoms with Gasteiger partial charge in [-0.25, -0.2) is 13.6 Å². The van der Waals surface area contributed by atoms with E-state index in [1.165, 1.54) is 22.9 Å². The minimum atomic E-state index is -2.83. The van der Waals surface area contributed by atoms with Crippen molar-refractivity contribution in [2.75, 3.05) is 6.54 Å². The molecule has 1 aliphatic rings. The molecule has 0 spiro atoms. The Kier molecular flexibility index (Phi) is 7.82. The van der Waals surface area contributed by atoms with Crippen LogP contribution in [0.3, 0.4) is 0 Å². The van der Waals surface area contributed by atoms with Crippen LogP contribution >= 0.6 is 23.2 Å². The van der Waals surface area contributed by atoms with Gasteiger partial charge in [-0.2, -0.15) is 5.10 Å². The number of carbonyl (C=O) groups is 3. The Labute approximate surface area is 205 Å². The quantitative estimate of drug-likeness (QED) is 0.575. The van der Waals surface area contributed by atoms with Gasteiger partial charge in [0.25, 0.3) is 12.3 Å². The number of nitrogens with zero attached hydrogens (tertiary/aromatic N) is 3. The molecule has 1 N–H and O–H groups in total. The highest BCUT2D eigenvalue weighted by atomic mass is 35.5. The zero-order valence-corrected chi connectivity index (χ0v) is 20.3. The van der Waals surface area contributed by atoms with E-state index in [1.807, 2.05) is 0 Å². The first kappa shape index (κ1) is 25.9. The van der Waals surface area contributed by atoms with Gasteiger partial charge in [-0.15, -0.1) is 0 Å². The third-order valence-electron chi connectivity index (χ3n) is 5.13. The minimum absolute atomic E-state index is 0.0977. The molecular formula is C22H24Cl2F2N4O4. The number of fused-ring (bicyclic) bond motifs is 1. The van der Waals surface area contributed by atoms with Crippen molar-refractivity contribution in [3.05, 3.63) is 50.8 Å². The number of nitrogens with one attached hydrogen (secondary N) is 1. The Bertz CT molecular complexity index is 1100. The molecule has 1 aromatic carbocycles. The van der Waals surface area contributed by atoms with Gasteiger partial charge in [-0.05, 0) is 39.0 Å². The molecule has 12 heteroatoms. The molecular weight excluding hydrogens is 493 g/mol. The Morgan fingerprint density at radius 1 is 1.29 bits per heavy atom. The molecule has 2 heterocycles. The van der Waals surface area contributed by atoms with Crippen molar-refractivity contribution >= 4 is 41.5 Å². The first-order valence-electron chi connectivity index (χ1n) is 10.5. The van der Waals surface area contributed by atoms with Crippen LogP contribution in [-0.4, -0.2) is 57.6 Å². The van der Waals surface area contributed by atoms with Gasteiger partial charge < -0.3 is 15.0 Å². The summed E-state index contributed by atoms with van der Waals surface area (Å²) < 4.78 is 34.3. The summed E-state index contributed by atoms with van der Waals surface area (Å²) in [7, 11) is 0. The number of rotatable bonds is 6. The van der Waals surface area contributed by atoms with Gasteiger partial charge in [0.15, 0.2) is 6.29 Å². The molecule has 2 aromatic rings. The van der Waals surface area contributed by atoms with E-state index in [0.29, 0.717) is 17.5 Å². The van der Waals surface area contributed by atoms with Crippen LogP contribution in [0.25, 0.3) is 0 Å². The predicted octanol–water partition coefficient (Wildman–Crippen LogP) is 4.36. The minimum Gasteiger partial charge on any atom is -0.444 e. The van der Waals surface area contributed by atoms with E-state index in [2.05, 4.69) is 10.4 Å². The number of alkyl halides is 2.